The van der Waals surface area contributed by atoms with Gasteiger partial charge in [-0.25, -0.2) is 4.79 Å². The smallest absolute Gasteiger partial charge is 0.332 e. The Morgan fingerprint density at radius 1 is 1.53 bits per heavy atom. The Kier molecular flexibility index (Phi) is 2.07. The maximum Gasteiger partial charge on any atom is 0.332 e. The number of piperidine rings is 1. The van der Waals surface area contributed by atoms with Crippen molar-refractivity contribution >= 4 is 11.9 Å². The molecule has 0 aromatic carbocycles. The van der Waals surface area contributed by atoms with Crippen LogP contribution in [0.15, 0.2) is 0 Å². The molecule has 4 heteroatoms. The molecule has 2 atom stereocenters. The van der Waals surface area contributed by atoms with Crippen LogP contribution in [0.25, 0.3) is 0 Å². The normalized spacial score (nSPS) is 37.3. The predicted octanol–water partition coefficient (Wildman–Crippen LogP) is 0.854. The minimum atomic E-state index is -0.790. The summed E-state index contributed by atoms with van der Waals surface area (Å²) in [6, 6.07) is 0. The van der Waals surface area contributed by atoms with Crippen molar-refractivity contribution in [3.63, 3.8) is 0 Å². The van der Waals surface area contributed by atoms with Crippen molar-refractivity contribution in [2.75, 3.05) is 7.11 Å². The van der Waals surface area contributed by atoms with Gasteiger partial charge in [0, 0.05) is 11.8 Å². The molecule has 1 amide bonds. The standard InChI is InChI=1S/C11H17NO3/c1-10(2)7-4-5-11(10,9(14)15-3)12-8(13)6-7/h7H,4-6H2,1-3H3,(H,12,13)/t7-,11-/m0/s1. The van der Waals surface area contributed by atoms with Crippen LogP contribution in [0.5, 0.6) is 0 Å². The second-order valence-corrected chi connectivity index (χ2v) is 5.11. The first kappa shape index (κ1) is 10.5. The highest BCUT2D eigenvalue weighted by atomic mass is 16.5. The van der Waals surface area contributed by atoms with E-state index in [9.17, 15) is 9.59 Å². The first-order valence-electron chi connectivity index (χ1n) is 5.33. The number of methoxy groups -OCH3 is 1. The third kappa shape index (κ3) is 1.13. The van der Waals surface area contributed by atoms with Crippen LogP contribution in [-0.4, -0.2) is 24.5 Å². The SMILES string of the molecule is COC(=O)[C@]12CC[C@@H](CC(=O)N1)C2(C)C. The summed E-state index contributed by atoms with van der Waals surface area (Å²) in [7, 11) is 1.38. The largest absolute Gasteiger partial charge is 0.467 e. The molecule has 2 aliphatic rings. The first-order valence-corrected chi connectivity index (χ1v) is 5.33. The fourth-order valence-corrected chi connectivity index (χ4v) is 3.11. The Morgan fingerprint density at radius 2 is 2.20 bits per heavy atom. The molecule has 0 radical (unpaired) electrons. The molecule has 1 saturated heterocycles. The van der Waals surface area contributed by atoms with Crippen molar-refractivity contribution in [3.05, 3.63) is 0 Å². The molecule has 1 saturated carbocycles. The average Bonchev–Trinajstić information content (AvgIpc) is 2.39. The number of hydrogen-bond donors (Lipinski definition) is 1. The van der Waals surface area contributed by atoms with Crippen LogP contribution in [0.3, 0.4) is 0 Å². The molecular weight excluding hydrogens is 194 g/mol. The molecule has 2 bridgehead atoms. The molecule has 0 aromatic heterocycles. The van der Waals surface area contributed by atoms with Gasteiger partial charge in [0.2, 0.25) is 5.91 Å². The molecule has 2 fully saturated rings. The summed E-state index contributed by atoms with van der Waals surface area (Å²) in [4.78, 5) is 23.4. The van der Waals surface area contributed by atoms with Crippen molar-refractivity contribution in [1.82, 2.24) is 5.32 Å². The van der Waals surface area contributed by atoms with E-state index in [0.29, 0.717) is 18.8 Å². The van der Waals surface area contributed by atoms with Crippen LogP contribution in [0.2, 0.25) is 0 Å². The highest BCUT2D eigenvalue weighted by Crippen LogP contribution is 2.54. The second kappa shape index (κ2) is 2.97. The first-order chi connectivity index (χ1) is 6.94. The lowest BCUT2D eigenvalue weighted by Gasteiger charge is -2.45. The zero-order valence-electron chi connectivity index (χ0n) is 9.42. The van der Waals surface area contributed by atoms with Crippen LogP contribution in [0.4, 0.5) is 0 Å². The van der Waals surface area contributed by atoms with E-state index in [1.54, 1.807) is 0 Å². The lowest BCUT2D eigenvalue weighted by molar-refractivity contribution is -0.159. The summed E-state index contributed by atoms with van der Waals surface area (Å²) < 4.78 is 4.84. The van der Waals surface area contributed by atoms with Crippen molar-refractivity contribution in [3.8, 4) is 0 Å². The van der Waals surface area contributed by atoms with Crippen LogP contribution >= 0.6 is 0 Å². The maximum absolute atomic E-state index is 11.9. The number of fused-ring (bicyclic) bond motifs is 2. The average molecular weight is 211 g/mol. The molecule has 0 unspecified atom stereocenters. The number of carbonyl (C=O) groups excluding carboxylic acids is 2. The zero-order valence-corrected chi connectivity index (χ0v) is 9.42. The predicted molar refractivity (Wildman–Crippen MR) is 54.0 cm³/mol. The van der Waals surface area contributed by atoms with Gasteiger partial charge in [0.1, 0.15) is 5.54 Å². The molecule has 1 heterocycles. The van der Waals surface area contributed by atoms with Gasteiger partial charge in [-0.05, 0) is 18.8 Å². The number of hydrogen-bond acceptors (Lipinski definition) is 3. The quantitative estimate of drug-likeness (QED) is 0.654. The highest BCUT2D eigenvalue weighted by Gasteiger charge is 2.63. The van der Waals surface area contributed by atoms with Gasteiger partial charge in [0.15, 0.2) is 0 Å². The summed E-state index contributed by atoms with van der Waals surface area (Å²) in [5, 5.41) is 2.85. The Hall–Kier alpha value is -1.06. The van der Waals surface area contributed by atoms with Gasteiger partial charge < -0.3 is 10.1 Å². The van der Waals surface area contributed by atoms with Crippen molar-refractivity contribution in [2.45, 2.75) is 38.6 Å². The minimum Gasteiger partial charge on any atom is -0.467 e. The van der Waals surface area contributed by atoms with Crippen LogP contribution in [-0.2, 0) is 14.3 Å². The van der Waals surface area contributed by atoms with E-state index >= 15 is 0 Å². The van der Waals surface area contributed by atoms with Gasteiger partial charge in [-0.2, -0.15) is 0 Å². The summed E-state index contributed by atoms with van der Waals surface area (Å²) in [5.74, 6) is -0.0318. The fraction of sp³-hybridized carbons (Fsp3) is 0.818. The maximum atomic E-state index is 11.9. The van der Waals surface area contributed by atoms with Gasteiger partial charge in [0.05, 0.1) is 7.11 Å². The topological polar surface area (TPSA) is 55.4 Å². The minimum absolute atomic E-state index is 0.0257. The van der Waals surface area contributed by atoms with E-state index in [1.807, 2.05) is 13.8 Å². The zero-order chi connectivity index (χ0) is 11.3. The van der Waals surface area contributed by atoms with E-state index in [4.69, 9.17) is 4.74 Å². The molecule has 4 nitrogen and oxygen atoms in total. The lowest BCUT2D eigenvalue weighted by atomic mass is 9.67. The molecule has 1 N–H and O–H groups in total. The monoisotopic (exact) mass is 211 g/mol. The van der Waals surface area contributed by atoms with E-state index < -0.39 is 5.54 Å². The molecule has 0 aromatic rings. The van der Waals surface area contributed by atoms with E-state index in [2.05, 4.69) is 5.32 Å². The summed E-state index contributed by atoms with van der Waals surface area (Å²) in [6.07, 6.45) is 2.15. The third-order valence-electron chi connectivity index (χ3n) is 4.31. The van der Waals surface area contributed by atoms with Gasteiger partial charge >= 0.3 is 5.97 Å². The van der Waals surface area contributed by atoms with Gasteiger partial charge in [-0.1, -0.05) is 13.8 Å². The van der Waals surface area contributed by atoms with Gasteiger partial charge in [0.25, 0.3) is 0 Å². The second-order valence-electron chi connectivity index (χ2n) is 5.11. The molecule has 84 valence electrons. The third-order valence-corrected chi connectivity index (χ3v) is 4.31. The van der Waals surface area contributed by atoms with Crippen molar-refractivity contribution in [1.29, 1.82) is 0 Å². The van der Waals surface area contributed by atoms with E-state index in [0.717, 1.165) is 6.42 Å². The van der Waals surface area contributed by atoms with E-state index in [1.165, 1.54) is 7.11 Å². The van der Waals surface area contributed by atoms with Crippen LogP contribution in [0.1, 0.15) is 33.1 Å². The Balaban J connectivity index is 2.43. The molecular formula is C11H17NO3. The van der Waals surface area contributed by atoms with Crippen molar-refractivity contribution < 1.29 is 14.3 Å². The van der Waals surface area contributed by atoms with Crippen molar-refractivity contribution in [2.24, 2.45) is 11.3 Å². The highest BCUT2D eigenvalue weighted by molar-refractivity contribution is 5.91. The Bertz CT molecular complexity index is 324. The molecule has 1 aliphatic carbocycles. The number of nitrogens with one attached hydrogen (secondary N) is 1. The Morgan fingerprint density at radius 3 is 2.80 bits per heavy atom. The number of amides is 1. The summed E-state index contributed by atoms with van der Waals surface area (Å²) in [6.45, 7) is 4.09. The Labute approximate surface area is 89.4 Å². The number of rotatable bonds is 1. The van der Waals surface area contributed by atoms with E-state index in [-0.39, 0.29) is 17.3 Å². The number of ether oxygens (including phenoxy) is 1. The number of esters is 1. The molecule has 2 rings (SSSR count). The van der Waals surface area contributed by atoms with Crippen LogP contribution < -0.4 is 5.32 Å². The summed E-state index contributed by atoms with van der Waals surface area (Å²) in [5.41, 5.74) is -0.990. The lowest BCUT2D eigenvalue weighted by Crippen LogP contribution is -2.65. The molecule has 0 spiro atoms. The van der Waals surface area contributed by atoms with Gasteiger partial charge in [-0.3, -0.25) is 4.79 Å². The van der Waals surface area contributed by atoms with Gasteiger partial charge in [-0.15, -0.1) is 0 Å². The molecule has 1 aliphatic heterocycles. The van der Waals surface area contributed by atoms with Crippen LogP contribution in [0, 0.1) is 11.3 Å². The fourth-order valence-electron chi connectivity index (χ4n) is 3.11. The number of carbonyl (C=O) groups is 2. The molecule has 15 heavy (non-hydrogen) atoms. The summed E-state index contributed by atoms with van der Waals surface area (Å²) >= 11 is 0.